The van der Waals surface area contributed by atoms with Crippen molar-refractivity contribution < 1.29 is 23.5 Å². The molecule has 1 saturated heterocycles. The average Bonchev–Trinajstić information content (AvgIpc) is 3.16. The second-order valence-electron chi connectivity index (χ2n) is 6.47. The zero-order valence-electron chi connectivity index (χ0n) is 15.9. The molecule has 1 fully saturated rings. The molecule has 0 radical (unpaired) electrons. The lowest BCUT2D eigenvalue weighted by molar-refractivity contribution is 0.0514. The lowest BCUT2D eigenvalue weighted by Crippen LogP contribution is -2.50. The van der Waals surface area contributed by atoms with E-state index in [9.17, 15) is 9.59 Å². The van der Waals surface area contributed by atoms with E-state index in [1.165, 1.54) is 0 Å². The largest absolute Gasteiger partial charge is 0.496 e. The Kier molecular flexibility index (Phi) is 5.81. The molecule has 3 rings (SSSR count). The van der Waals surface area contributed by atoms with Gasteiger partial charge in [0.05, 0.1) is 7.11 Å². The molecule has 0 spiro atoms. The van der Waals surface area contributed by atoms with E-state index in [0.29, 0.717) is 55.6 Å². The van der Waals surface area contributed by atoms with E-state index in [0.717, 1.165) is 5.56 Å². The van der Waals surface area contributed by atoms with Crippen LogP contribution in [0.25, 0.3) is 0 Å². The van der Waals surface area contributed by atoms with Crippen LogP contribution in [-0.4, -0.2) is 62.0 Å². The number of benzene rings is 1. The van der Waals surface area contributed by atoms with Crippen molar-refractivity contribution in [3.8, 4) is 5.75 Å². The second-order valence-corrected chi connectivity index (χ2v) is 6.47. The summed E-state index contributed by atoms with van der Waals surface area (Å²) in [5, 5.41) is 0. The summed E-state index contributed by atoms with van der Waals surface area (Å²) >= 11 is 0. The van der Waals surface area contributed by atoms with E-state index in [-0.39, 0.29) is 11.8 Å². The Morgan fingerprint density at radius 3 is 2.30 bits per heavy atom. The number of methoxy groups -OCH3 is 2. The number of ether oxygens (including phenoxy) is 2. The molecule has 0 unspecified atom stereocenters. The molecule has 2 amide bonds. The van der Waals surface area contributed by atoms with Gasteiger partial charge in [-0.05, 0) is 36.8 Å². The van der Waals surface area contributed by atoms with Gasteiger partial charge in [-0.2, -0.15) is 0 Å². The molecule has 1 aromatic heterocycles. The highest BCUT2D eigenvalue weighted by Gasteiger charge is 2.27. The summed E-state index contributed by atoms with van der Waals surface area (Å²) in [6.45, 7) is 4.15. The van der Waals surface area contributed by atoms with Crippen LogP contribution >= 0.6 is 0 Å². The zero-order valence-corrected chi connectivity index (χ0v) is 15.9. The first-order valence-electron chi connectivity index (χ1n) is 8.84. The molecule has 1 aromatic carbocycles. The van der Waals surface area contributed by atoms with Crippen LogP contribution in [0.15, 0.2) is 34.7 Å². The number of piperazine rings is 1. The molecule has 1 aliphatic heterocycles. The van der Waals surface area contributed by atoms with Gasteiger partial charge in [-0.3, -0.25) is 9.59 Å². The van der Waals surface area contributed by atoms with Crippen LogP contribution in [0.1, 0.15) is 32.2 Å². The van der Waals surface area contributed by atoms with Gasteiger partial charge >= 0.3 is 0 Å². The first-order chi connectivity index (χ1) is 13.0. The van der Waals surface area contributed by atoms with E-state index in [2.05, 4.69) is 0 Å². The van der Waals surface area contributed by atoms with Crippen LogP contribution in [0.4, 0.5) is 0 Å². The molecule has 2 aromatic rings. The van der Waals surface area contributed by atoms with Gasteiger partial charge in [-0.25, -0.2) is 0 Å². The molecule has 1 aliphatic rings. The first kappa shape index (κ1) is 19.0. The Morgan fingerprint density at radius 2 is 1.67 bits per heavy atom. The third-order valence-corrected chi connectivity index (χ3v) is 4.67. The highest BCUT2D eigenvalue weighted by Crippen LogP contribution is 2.21. The van der Waals surface area contributed by atoms with E-state index in [1.807, 2.05) is 13.0 Å². The van der Waals surface area contributed by atoms with E-state index < -0.39 is 0 Å². The van der Waals surface area contributed by atoms with Crippen molar-refractivity contribution in [1.82, 2.24) is 9.80 Å². The SMILES string of the molecule is COCc1ccc(C(=O)N2CCN(C(=O)c3ccc(C)c(OC)c3)CC2)o1. The zero-order chi connectivity index (χ0) is 19.4. The summed E-state index contributed by atoms with van der Waals surface area (Å²) in [4.78, 5) is 28.8. The van der Waals surface area contributed by atoms with Gasteiger partial charge in [0.2, 0.25) is 0 Å². The molecule has 0 saturated carbocycles. The third-order valence-electron chi connectivity index (χ3n) is 4.67. The van der Waals surface area contributed by atoms with Crippen molar-refractivity contribution in [2.24, 2.45) is 0 Å². The van der Waals surface area contributed by atoms with Crippen molar-refractivity contribution >= 4 is 11.8 Å². The Labute approximate surface area is 158 Å². The van der Waals surface area contributed by atoms with Gasteiger partial charge < -0.3 is 23.7 Å². The number of furan rings is 1. The average molecular weight is 372 g/mol. The molecular formula is C20H24N2O5. The van der Waals surface area contributed by atoms with Crippen LogP contribution in [0.3, 0.4) is 0 Å². The maximum absolute atomic E-state index is 12.7. The monoisotopic (exact) mass is 372 g/mol. The molecule has 2 heterocycles. The Hall–Kier alpha value is -2.80. The molecule has 0 N–H and O–H groups in total. The summed E-state index contributed by atoms with van der Waals surface area (Å²) in [7, 11) is 3.16. The predicted octanol–water partition coefficient (Wildman–Crippen LogP) is 2.34. The Morgan fingerprint density at radius 1 is 1.00 bits per heavy atom. The number of carbonyl (C=O) groups excluding carboxylic acids is 2. The van der Waals surface area contributed by atoms with Crippen molar-refractivity contribution in [2.75, 3.05) is 40.4 Å². The van der Waals surface area contributed by atoms with Crippen molar-refractivity contribution in [3.05, 3.63) is 53.0 Å². The molecule has 0 atom stereocenters. The van der Waals surface area contributed by atoms with Crippen LogP contribution < -0.4 is 4.74 Å². The summed E-state index contributed by atoms with van der Waals surface area (Å²) in [5.74, 6) is 1.38. The standard InChI is InChI=1S/C20H24N2O5/c1-14-4-5-15(12-18(14)26-3)19(23)21-8-10-22(11-9-21)20(24)17-7-6-16(27-17)13-25-2/h4-7,12H,8-11,13H2,1-3H3. The summed E-state index contributed by atoms with van der Waals surface area (Å²) in [5.41, 5.74) is 1.57. The van der Waals surface area contributed by atoms with E-state index in [4.69, 9.17) is 13.9 Å². The van der Waals surface area contributed by atoms with Crippen molar-refractivity contribution in [1.29, 1.82) is 0 Å². The maximum Gasteiger partial charge on any atom is 0.289 e. The fraction of sp³-hybridized carbons (Fsp3) is 0.400. The van der Waals surface area contributed by atoms with Crippen molar-refractivity contribution in [3.63, 3.8) is 0 Å². The molecule has 0 bridgehead atoms. The summed E-state index contributed by atoms with van der Waals surface area (Å²) in [6, 6.07) is 8.84. The molecular weight excluding hydrogens is 348 g/mol. The summed E-state index contributed by atoms with van der Waals surface area (Å²) < 4.78 is 15.8. The lowest BCUT2D eigenvalue weighted by Gasteiger charge is -2.34. The molecule has 7 nitrogen and oxygen atoms in total. The third kappa shape index (κ3) is 4.14. The van der Waals surface area contributed by atoms with E-state index in [1.54, 1.807) is 48.3 Å². The number of rotatable bonds is 5. The Bertz CT molecular complexity index is 822. The lowest BCUT2D eigenvalue weighted by atomic mass is 10.1. The van der Waals surface area contributed by atoms with Gasteiger partial charge in [0.15, 0.2) is 5.76 Å². The number of amides is 2. The number of aryl methyl sites for hydroxylation is 1. The molecule has 0 aliphatic carbocycles. The minimum atomic E-state index is -0.165. The van der Waals surface area contributed by atoms with Gasteiger partial charge in [0, 0.05) is 38.9 Å². The van der Waals surface area contributed by atoms with Crippen LogP contribution in [0, 0.1) is 6.92 Å². The van der Waals surface area contributed by atoms with Gasteiger partial charge in [0.25, 0.3) is 11.8 Å². The van der Waals surface area contributed by atoms with E-state index >= 15 is 0 Å². The number of carbonyl (C=O) groups is 2. The van der Waals surface area contributed by atoms with Gasteiger partial charge in [-0.15, -0.1) is 0 Å². The summed E-state index contributed by atoms with van der Waals surface area (Å²) in [6.07, 6.45) is 0. The number of nitrogens with zero attached hydrogens (tertiary/aromatic N) is 2. The smallest absolute Gasteiger partial charge is 0.289 e. The van der Waals surface area contributed by atoms with Gasteiger partial charge in [0.1, 0.15) is 18.1 Å². The predicted molar refractivity (Wildman–Crippen MR) is 99.0 cm³/mol. The van der Waals surface area contributed by atoms with Crippen molar-refractivity contribution in [2.45, 2.75) is 13.5 Å². The van der Waals surface area contributed by atoms with Gasteiger partial charge in [-0.1, -0.05) is 6.07 Å². The topological polar surface area (TPSA) is 72.2 Å². The maximum atomic E-state index is 12.7. The van der Waals surface area contributed by atoms with Crippen LogP contribution in [0.2, 0.25) is 0 Å². The minimum Gasteiger partial charge on any atom is -0.496 e. The molecule has 144 valence electrons. The fourth-order valence-corrected chi connectivity index (χ4v) is 3.12. The fourth-order valence-electron chi connectivity index (χ4n) is 3.12. The minimum absolute atomic E-state index is 0.0548. The highest BCUT2D eigenvalue weighted by molar-refractivity contribution is 5.95. The number of hydrogen-bond acceptors (Lipinski definition) is 5. The Balaban J connectivity index is 1.61. The normalized spacial score (nSPS) is 14.3. The van der Waals surface area contributed by atoms with Crippen LogP contribution in [-0.2, 0) is 11.3 Å². The molecule has 27 heavy (non-hydrogen) atoms. The second kappa shape index (κ2) is 8.26. The first-order valence-corrected chi connectivity index (χ1v) is 8.84. The highest BCUT2D eigenvalue weighted by atomic mass is 16.5. The van der Waals surface area contributed by atoms with Crippen LogP contribution in [0.5, 0.6) is 5.75 Å². The quantitative estimate of drug-likeness (QED) is 0.806. The number of hydrogen-bond donors (Lipinski definition) is 0. The molecule has 7 heteroatoms.